The second-order valence-electron chi connectivity index (χ2n) is 5.43. The Morgan fingerprint density at radius 3 is 2.12 bits per heavy atom. The number of aliphatic hydroxyl groups excluding tert-OH is 1. The van der Waals surface area contributed by atoms with Gasteiger partial charge in [-0.3, -0.25) is 14.4 Å². The zero-order chi connectivity index (χ0) is 17.9. The molecule has 1 aliphatic rings. The van der Waals surface area contributed by atoms with Gasteiger partial charge in [0.15, 0.2) is 0 Å². The van der Waals surface area contributed by atoms with Crippen LogP contribution in [0.1, 0.15) is 20.7 Å². The Hall–Kier alpha value is -2.51. The van der Waals surface area contributed by atoms with Crippen LogP contribution < -0.4 is 0 Å². The molecule has 1 aromatic carbocycles. The third-order valence-corrected chi connectivity index (χ3v) is 3.87. The van der Waals surface area contributed by atoms with Gasteiger partial charge in [0.1, 0.15) is 18.0 Å². The number of carbonyl (C=O) groups is 3. The molecule has 7 heteroatoms. The van der Waals surface area contributed by atoms with Gasteiger partial charge in [0, 0.05) is 38.9 Å². The van der Waals surface area contributed by atoms with Crippen molar-refractivity contribution in [3.8, 4) is 0 Å². The highest BCUT2D eigenvalue weighted by Gasteiger charge is 2.37. The average molecular weight is 332 g/mol. The molecule has 0 radical (unpaired) electrons. The zero-order valence-corrected chi connectivity index (χ0v) is 13.9. The zero-order valence-electron chi connectivity index (χ0n) is 13.9. The third kappa shape index (κ3) is 3.08. The van der Waals surface area contributed by atoms with Gasteiger partial charge in [0.2, 0.25) is 11.6 Å². The van der Waals surface area contributed by atoms with Crippen molar-refractivity contribution in [2.45, 2.75) is 0 Å². The van der Waals surface area contributed by atoms with Crippen molar-refractivity contribution in [2.24, 2.45) is 0 Å². The molecule has 128 valence electrons. The number of ketones is 2. The maximum atomic E-state index is 12.9. The fraction of sp³-hybridized carbons (Fsp3) is 0.353. The van der Waals surface area contributed by atoms with E-state index in [4.69, 9.17) is 4.74 Å². The quantitative estimate of drug-likeness (QED) is 0.806. The standard InChI is InChI=1S/C17H20N2O5/c1-18(8-9-20)14-15(19(2)13(21)10-24-3)17(23)12-7-5-4-6-11(12)16(14)22/h4-7,20H,8-10H2,1-3H3. The van der Waals surface area contributed by atoms with E-state index in [9.17, 15) is 19.5 Å². The molecule has 1 amide bonds. The topological polar surface area (TPSA) is 87.2 Å². The van der Waals surface area contributed by atoms with E-state index in [1.165, 1.54) is 19.1 Å². The number of hydrogen-bond acceptors (Lipinski definition) is 6. The summed E-state index contributed by atoms with van der Waals surface area (Å²) in [4.78, 5) is 40.6. The predicted octanol–water partition coefficient (Wildman–Crippen LogP) is 0.306. The summed E-state index contributed by atoms with van der Waals surface area (Å²) < 4.78 is 4.83. The maximum absolute atomic E-state index is 12.9. The number of aliphatic hydroxyl groups is 1. The van der Waals surface area contributed by atoms with Crippen molar-refractivity contribution in [3.05, 3.63) is 46.8 Å². The Morgan fingerprint density at radius 1 is 1.08 bits per heavy atom. The Morgan fingerprint density at radius 2 is 1.62 bits per heavy atom. The largest absolute Gasteiger partial charge is 0.395 e. The molecule has 0 aromatic heterocycles. The molecule has 0 atom stereocenters. The molecule has 0 saturated carbocycles. The van der Waals surface area contributed by atoms with E-state index in [1.807, 2.05) is 0 Å². The van der Waals surface area contributed by atoms with Gasteiger partial charge in [-0.2, -0.15) is 0 Å². The van der Waals surface area contributed by atoms with E-state index < -0.39 is 11.7 Å². The number of Topliss-reactive ketones (excluding diaryl/α,β-unsaturated/α-hetero) is 2. The number of amides is 1. The number of methoxy groups -OCH3 is 1. The number of hydrogen-bond donors (Lipinski definition) is 1. The summed E-state index contributed by atoms with van der Waals surface area (Å²) >= 11 is 0. The molecule has 2 rings (SSSR count). The SMILES string of the molecule is COCC(=O)N(C)C1=C(N(C)CCO)C(=O)c2ccccc2C1=O. The number of likely N-dealkylation sites (N-methyl/N-ethyl adjacent to an activating group) is 2. The molecule has 1 aromatic rings. The van der Waals surface area contributed by atoms with Crippen LogP contribution in [0.3, 0.4) is 0 Å². The van der Waals surface area contributed by atoms with Crippen LogP contribution in [0.4, 0.5) is 0 Å². The van der Waals surface area contributed by atoms with Crippen LogP contribution in [-0.2, 0) is 9.53 Å². The van der Waals surface area contributed by atoms with Gasteiger partial charge in [-0.1, -0.05) is 24.3 Å². The Kier molecular flexibility index (Phi) is 5.48. The number of allylic oxidation sites excluding steroid dienone is 2. The first-order valence-electron chi connectivity index (χ1n) is 7.44. The summed E-state index contributed by atoms with van der Waals surface area (Å²) in [5, 5.41) is 9.17. The summed E-state index contributed by atoms with van der Waals surface area (Å²) in [5.74, 6) is -1.20. The number of nitrogens with zero attached hydrogens (tertiary/aromatic N) is 2. The van der Waals surface area contributed by atoms with Crippen LogP contribution in [-0.4, -0.2) is 73.3 Å². The molecule has 0 aliphatic heterocycles. The molecule has 1 aliphatic carbocycles. The lowest BCUT2D eigenvalue weighted by Gasteiger charge is -2.31. The van der Waals surface area contributed by atoms with Crippen molar-refractivity contribution in [1.82, 2.24) is 9.80 Å². The molecule has 1 N–H and O–H groups in total. The first-order valence-corrected chi connectivity index (χ1v) is 7.44. The number of benzene rings is 1. The van der Waals surface area contributed by atoms with E-state index in [0.29, 0.717) is 5.56 Å². The van der Waals surface area contributed by atoms with Crippen LogP contribution in [0.15, 0.2) is 35.7 Å². The number of fused-ring (bicyclic) bond motifs is 1. The van der Waals surface area contributed by atoms with Gasteiger partial charge in [-0.05, 0) is 0 Å². The molecule has 0 bridgehead atoms. The molecular weight excluding hydrogens is 312 g/mol. The lowest BCUT2D eigenvalue weighted by Crippen LogP contribution is -2.41. The van der Waals surface area contributed by atoms with Gasteiger partial charge in [-0.15, -0.1) is 0 Å². The minimum atomic E-state index is -0.442. The summed E-state index contributed by atoms with van der Waals surface area (Å²) in [6.07, 6.45) is 0. The predicted molar refractivity (Wildman–Crippen MR) is 86.5 cm³/mol. The van der Waals surface area contributed by atoms with Gasteiger partial charge in [-0.25, -0.2) is 0 Å². The van der Waals surface area contributed by atoms with Gasteiger partial charge in [0.05, 0.1) is 6.61 Å². The molecule has 24 heavy (non-hydrogen) atoms. The van der Waals surface area contributed by atoms with Crippen LogP contribution in [0, 0.1) is 0 Å². The summed E-state index contributed by atoms with van der Waals surface area (Å²) in [7, 11) is 4.41. The molecule has 0 saturated heterocycles. The third-order valence-electron chi connectivity index (χ3n) is 3.87. The molecular formula is C17H20N2O5. The van der Waals surface area contributed by atoms with E-state index >= 15 is 0 Å². The average Bonchev–Trinajstić information content (AvgIpc) is 2.57. The maximum Gasteiger partial charge on any atom is 0.252 e. The molecule has 7 nitrogen and oxygen atoms in total. The van der Waals surface area contributed by atoms with Gasteiger partial charge < -0.3 is 19.6 Å². The van der Waals surface area contributed by atoms with Crippen molar-refractivity contribution in [2.75, 3.05) is 41.0 Å². The lowest BCUT2D eigenvalue weighted by molar-refractivity contribution is -0.131. The van der Waals surface area contributed by atoms with E-state index in [-0.39, 0.29) is 42.5 Å². The second kappa shape index (κ2) is 7.37. The lowest BCUT2D eigenvalue weighted by atomic mass is 9.89. The Bertz CT molecular complexity index is 711. The van der Waals surface area contributed by atoms with Crippen LogP contribution in [0.2, 0.25) is 0 Å². The van der Waals surface area contributed by atoms with Gasteiger partial charge >= 0.3 is 0 Å². The highest BCUT2D eigenvalue weighted by atomic mass is 16.5. The molecule has 0 fully saturated rings. The van der Waals surface area contributed by atoms with Crippen molar-refractivity contribution < 1.29 is 24.2 Å². The van der Waals surface area contributed by atoms with E-state index in [0.717, 1.165) is 4.90 Å². The fourth-order valence-electron chi connectivity index (χ4n) is 2.62. The van der Waals surface area contributed by atoms with Crippen molar-refractivity contribution in [1.29, 1.82) is 0 Å². The van der Waals surface area contributed by atoms with E-state index in [1.54, 1.807) is 31.3 Å². The highest BCUT2D eigenvalue weighted by molar-refractivity contribution is 6.27. The smallest absolute Gasteiger partial charge is 0.252 e. The normalized spacial score (nSPS) is 13.8. The van der Waals surface area contributed by atoms with E-state index in [2.05, 4.69) is 0 Å². The summed E-state index contributed by atoms with van der Waals surface area (Å²) in [5.41, 5.74) is 0.644. The molecule has 0 spiro atoms. The molecule has 0 heterocycles. The van der Waals surface area contributed by atoms with Crippen LogP contribution in [0.5, 0.6) is 0 Å². The van der Waals surface area contributed by atoms with Crippen molar-refractivity contribution in [3.63, 3.8) is 0 Å². The highest BCUT2D eigenvalue weighted by Crippen LogP contribution is 2.29. The molecule has 0 unspecified atom stereocenters. The number of rotatable bonds is 6. The van der Waals surface area contributed by atoms with Crippen LogP contribution >= 0.6 is 0 Å². The second-order valence-corrected chi connectivity index (χ2v) is 5.43. The monoisotopic (exact) mass is 332 g/mol. The van der Waals surface area contributed by atoms with Gasteiger partial charge in [0.25, 0.3) is 5.91 Å². The van der Waals surface area contributed by atoms with Crippen molar-refractivity contribution >= 4 is 17.5 Å². The summed E-state index contributed by atoms with van der Waals surface area (Å²) in [6.45, 7) is -0.238. The minimum Gasteiger partial charge on any atom is -0.395 e. The number of ether oxygens (including phenoxy) is 1. The Balaban J connectivity index is 2.61. The first-order chi connectivity index (χ1) is 11.4. The number of carbonyl (C=O) groups excluding carboxylic acids is 3. The van der Waals surface area contributed by atoms with Crippen LogP contribution in [0.25, 0.3) is 0 Å². The first kappa shape index (κ1) is 17.8. The Labute approximate surface area is 140 Å². The fourth-order valence-corrected chi connectivity index (χ4v) is 2.62. The minimum absolute atomic E-state index is 0.00306. The summed E-state index contributed by atoms with van der Waals surface area (Å²) in [6, 6.07) is 6.49.